The van der Waals surface area contributed by atoms with Crippen LogP contribution in [0.5, 0.6) is 11.5 Å². The molecule has 0 aliphatic carbocycles. The van der Waals surface area contributed by atoms with E-state index in [1.165, 1.54) is 14.2 Å². The van der Waals surface area contributed by atoms with Crippen molar-refractivity contribution in [2.24, 2.45) is 0 Å². The van der Waals surface area contributed by atoms with E-state index >= 15 is 0 Å². The molecule has 2 aromatic carbocycles. The predicted molar refractivity (Wildman–Crippen MR) is 112 cm³/mol. The minimum atomic E-state index is -0.649. The van der Waals surface area contributed by atoms with Crippen molar-refractivity contribution in [2.45, 2.75) is 13.8 Å². The molecule has 2 N–H and O–H groups in total. The number of urea groups is 1. The molecule has 8 heteroatoms. The van der Waals surface area contributed by atoms with Crippen LogP contribution in [0, 0.1) is 13.8 Å². The second kappa shape index (κ2) is 8.69. The fraction of sp³-hybridized carbons (Fsp3) is 0.227. The van der Waals surface area contributed by atoms with Crippen molar-refractivity contribution >= 4 is 29.6 Å². The number of hydrogen-bond donors (Lipinski definition) is 2. The molecule has 0 spiro atoms. The summed E-state index contributed by atoms with van der Waals surface area (Å²) < 4.78 is 10.6. The molecule has 0 atom stereocenters. The number of ether oxygens (including phenoxy) is 2. The number of rotatable bonds is 6. The smallest absolute Gasteiger partial charge is 0.329 e. The third kappa shape index (κ3) is 4.43. The first-order chi connectivity index (χ1) is 14.3. The van der Waals surface area contributed by atoms with Gasteiger partial charge in [-0.3, -0.25) is 9.59 Å². The molecule has 4 amide bonds. The Labute approximate surface area is 174 Å². The Kier molecular flexibility index (Phi) is 6.06. The Morgan fingerprint density at radius 2 is 1.80 bits per heavy atom. The molecule has 3 rings (SSSR count). The summed E-state index contributed by atoms with van der Waals surface area (Å²) >= 11 is 0. The minimum absolute atomic E-state index is 0.0821. The van der Waals surface area contributed by atoms with Crippen LogP contribution in [-0.4, -0.2) is 43.5 Å². The summed E-state index contributed by atoms with van der Waals surface area (Å²) in [5.74, 6) is 0.0238. The molecule has 0 aromatic heterocycles. The first-order valence-electron chi connectivity index (χ1n) is 9.26. The number of methoxy groups -OCH3 is 2. The summed E-state index contributed by atoms with van der Waals surface area (Å²) in [6, 6.07) is 10.1. The van der Waals surface area contributed by atoms with E-state index in [9.17, 15) is 14.4 Å². The van der Waals surface area contributed by atoms with Gasteiger partial charge in [0.15, 0.2) is 11.5 Å². The van der Waals surface area contributed by atoms with Crippen LogP contribution in [0.4, 0.5) is 10.5 Å². The van der Waals surface area contributed by atoms with Crippen LogP contribution in [0.3, 0.4) is 0 Å². The van der Waals surface area contributed by atoms with Gasteiger partial charge in [-0.15, -0.1) is 0 Å². The van der Waals surface area contributed by atoms with Gasteiger partial charge in [0, 0.05) is 5.69 Å². The van der Waals surface area contributed by atoms with Gasteiger partial charge in [-0.1, -0.05) is 12.1 Å². The van der Waals surface area contributed by atoms with Crippen molar-refractivity contribution in [3.63, 3.8) is 0 Å². The topological polar surface area (TPSA) is 97.0 Å². The van der Waals surface area contributed by atoms with Crippen LogP contribution in [0.2, 0.25) is 0 Å². The molecule has 0 bridgehead atoms. The lowest BCUT2D eigenvalue weighted by Gasteiger charge is -2.12. The summed E-state index contributed by atoms with van der Waals surface area (Å²) in [5.41, 5.74) is 3.18. The maximum Gasteiger partial charge on any atom is 0.329 e. The highest BCUT2D eigenvalue weighted by molar-refractivity contribution is 6.16. The number of amides is 4. The summed E-state index contributed by atoms with van der Waals surface area (Å²) in [6.45, 7) is 3.36. The first-order valence-corrected chi connectivity index (χ1v) is 9.26. The number of aryl methyl sites for hydroxylation is 2. The van der Waals surface area contributed by atoms with E-state index in [-0.39, 0.29) is 12.2 Å². The van der Waals surface area contributed by atoms with Crippen LogP contribution in [0.1, 0.15) is 16.7 Å². The van der Waals surface area contributed by atoms with E-state index in [0.717, 1.165) is 16.0 Å². The second-order valence-corrected chi connectivity index (χ2v) is 6.86. The molecule has 1 heterocycles. The molecule has 1 aliphatic heterocycles. The van der Waals surface area contributed by atoms with E-state index < -0.39 is 17.8 Å². The molecule has 1 saturated heterocycles. The SMILES string of the molecule is COc1cc(C)c(/C=C2\NC(=O)N(CC(=O)Nc3cccc(C)c3)C2=O)cc1OC. The molecule has 0 radical (unpaired) electrons. The van der Waals surface area contributed by atoms with Gasteiger partial charge >= 0.3 is 6.03 Å². The fourth-order valence-corrected chi connectivity index (χ4v) is 3.09. The van der Waals surface area contributed by atoms with Gasteiger partial charge in [0.05, 0.1) is 14.2 Å². The Balaban J connectivity index is 1.77. The monoisotopic (exact) mass is 409 g/mol. The summed E-state index contributed by atoms with van der Waals surface area (Å²) in [4.78, 5) is 38.1. The lowest BCUT2D eigenvalue weighted by Crippen LogP contribution is -2.38. The highest BCUT2D eigenvalue weighted by Gasteiger charge is 2.35. The highest BCUT2D eigenvalue weighted by Crippen LogP contribution is 2.31. The molecule has 0 saturated carbocycles. The number of benzene rings is 2. The molecular formula is C22H23N3O5. The normalized spacial score (nSPS) is 14.7. The number of anilines is 1. The number of hydrogen-bond acceptors (Lipinski definition) is 5. The number of nitrogens with one attached hydrogen (secondary N) is 2. The lowest BCUT2D eigenvalue weighted by molar-refractivity contribution is -0.127. The molecule has 8 nitrogen and oxygen atoms in total. The van der Waals surface area contributed by atoms with E-state index in [4.69, 9.17) is 9.47 Å². The van der Waals surface area contributed by atoms with Gasteiger partial charge in [0.1, 0.15) is 12.2 Å². The average Bonchev–Trinajstić information content (AvgIpc) is 2.96. The molecule has 30 heavy (non-hydrogen) atoms. The van der Waals surface area contributed by atoms with Gasteiger partial charge in [0.25, 0.3) is 5.91 Å². The molecule has 2 aromatic rings. The van der Waals surface area contributed by atoms with Gasteiger partial charge in [-0.05, 0) is 60.9 Å². The quantitative estimate of drug-likeness (QED) is 0.565. The van der Waals surface area contributed by atoms with E-state index in [2.05, 4.69) is 10.6 Å². The Morgan fingerprint density at radius 1 is 1.10 bits per heavy atom. The van der Waals surface area contributed by atoms with Gasteiger partial charge in [-0.2, -0.15) is 0 Å². The zero-order valence-electron chi connectivity index (χ0n) is 17.2. The number of imide groups is 1. The van der Waals surface area contributed by atoms with E-state index in [0.29, 0.717) is 22.7 Å². The summed E-state index contributed by atoms with van der Waals surface area (Å²) in [7, 11) is 3.05. The van der Waals surface area contributed by atoms with Crippen LogP contribution >= 0.6 is 0 Å². The highest BCUT2D eigenvalue weighted by atomic mass is 16.5. The summed E-state index contributed by atoms with van der Waals surface area (Å²) in [5, 5.41) is 5.21. The molecule has 156 valence electrons. The average molecular weight is 409 g/mol. The van der Waals surface area contributed by atoms with Crippen molar-refractivity contribution in [3.8, 4) is 11.5 Å². The van der Waals surface area contributed by atoms with E-state index in [1.54, 1.807) is 30.3 Å². The van der Waals surface area contributed by atoms with Gasteiger partial charge in [0.2, 0.25) is 5.91 Å². The minimum Gasteiger partial charge on any atom is -0.493 e. The van der Waals surface area contributed by atoms with E-state index in [1.807, 2.05) is 26.0 Å². The van der Waals surface area contributed by atoms with Crippen molar-refractivity contribution in [1.29, 1.82) is 0 Å². The number of carbonyl (C=O) groups excluding carboxylic acids is 3. The standard InChI is InChI=1S/C22H23N3O5/c1-13-6-5-7-16(8-13)23-20(26)12-25-21(27)17(24-22(25)28)10-15-11-19(30-4)18(29-3)9-14(15)2/h5-11H,12H2,1-4H3,(H,23,26)(H,24,28)/b17-10-. The zero-order chi connectivity index (χ0) is 21.8. The largest absolute Gasteiger partial charge is 0.493 e. The Bertz CT molecular complexity index is 1050. The fourth-order valence-electron chi connectivity index (χ4n) is 3.09. The second-order valence-electron chi connectivity index (χ2n) is 6.86. The molecule has 0 unspecified atom stereocenters. The Morgan fingerprint density at radius 3 is 2.47 bits per heavy atom. The maximum absolute atomic E-state index is 12.7. The van der Waals surface area contributed by atoms with Gasteiger partial charge in [-0.25, -0.2) is 9.69 Å². The van der Waals surface area contributed by atoms with Gasteiger partial charge < -0.3 is 20.1 Å². The van der Waals surface area contributed by atoms with Crippen molar-refractivity contribution in [1.82, 2.24) is 10.2 Å². The third-order valence-electron chi connectivity index (χ3n) is 4.64. The van der Waals surface area contributed by atoms with Crippen molar-refractivity contribution < 1.29 is 23.9 Å². The molecular weight excluding hydrogens is 386 g/mol. The number of nitrogens with zero attached hydrogens (tertiary/aromatic N) is 1. The predicted octanol–water partition coefficient (Wildman–Crippen LogP) is 2.85. The zero-order valence-corrected chi connectivity index (χ0v) is 17.2. The van der Waals surface area contributed by atoms with Crippen LogP contribution in [0.25, 0.3) is 6.08 Å². The van der Waals surface area contributed by atoms with Crippen LogP contribution < -0.4 is 20.1 Å². The molecule has 1 fully saturated rings. The van der Waals surface area contributed by atoms with Crippen LogP contribution in [-0.2, 0) is 9.59 Å². The number of carbonyl (C=O) groups is 3. The lowest BCUT2D eigenvalue weighted by atomic mass is 10.1. The third-order valence-corrected chi connectivity index (χ3v) is 4.64. The van der Waals surface area contributed by atoms with Crippen molar-refractivity contribution in [3.05, 3.63) is 58.8 Å². The Hall–Kier alpha value is -3.81. The van der Waals surface area contributed by atoms with Crippen LogP contribution in [0.15, 0.2) is 42.1 Å². The van der Waals surface area contributed by atoms with Crippen molar-refractivity contribution in [2.75, 3.05) is 26.1 Å². The first kappa shape index (κ1) is 20.9. The maximum atomic E-state index is 12.7. The molecule has 1 aliphatic rings. The summed E-state index contributed by atoms with van der Waals surface area (Å²) in [6.07, 6.45) is 1.55.